The zero-order valence-electron chi connectivity index (χ0n) is 13.8. The second-order valence-electron chi connectivity index (χ2n) is 5.71. The second-order valence-corrected chi connectivity index (χ2v) is 5.71. The topological polar surface area (TPSA) is 34.9 Å². The summed E-state index contributed by atoms with van der Waals surface area (Å²) in [6.07, 6.45) is 2.16. The molecule has 0 radical (unpaired) electrons. The maximum absolute atomic E-state index is 13.1. The number of terminal acetylenes is 1. The van der Waals surface area contributed by atoms with Gasteiger partial charge in [-0.15, -0.1) is 6.42 Å². The van der Waals surface area contributed by atoms with E-state index in [2.05, 4.69) is 11.0 Å². The Bertz CT molecular complexity index is 1030. The summed E-state index contributed by atoms with van der Waals surface area (Å²) >= 11 is 0. The fourth-order valence-electron chi connectivity index (χ4n) is 2.58. The van der Waals surface area contributed by atoms with Gasteiger partial charge in [0.2, 0.25) is 5.78 Å². The highest BCUT2D eigenvalue weighted by Gasteiger charge is 2.31. The second kappa shape index (κ2) is 7.08. The molecule has 27 heavy (non-hydrogen) atoms. The molecule has 0 saturated heterocycles. The molecule has 0 spiro atoms. The molecule has 0 aliphatic rings. The largest absolute Gasteiger partial charge is 0.416 e. The van der Waals surface area contributed by atoms with Crippen LogP contribution in [0.15, 0.2) is 54.7 Å². The lowest BCUT2D eigenvalue weighted by molar-refractivity contribution is -0.137. The number of rotatable bonds is 4. The van der Waals surface area contributed by atoms with Gasteiger partial charge in [0.25, 0.3) is 0 Å². The minimum atomic E-state index is -4.52. The van der Waals surface area contributed by atoms with Crippen LogP contribution in [0.4, 0.5) is 17.6 Å². The third-order valence-electron chi connectivity index (χ3n) is 3.84. The van der Waals surface area contributed by atoms with Crippen molar-refractivity contribution >= 4 is 5.78 Å². The molecule has 136 valence electrons. The molecule has 0 aliphatic heterocycles. The van der Waals surface area contributed by atoms with Crippen LogP contribution in [0.2, 0.25) is 0 Å². The smallest absolute Gasteiger partial charge is 0.287 e. The molecule has 0 unspecified atom stereocenters. The van der Waals surface area contributed by atoms with Gasteiger partial charge >= 0.3 is 6.18 Å². The van der Waals surface area contributed by atoms with Crippen molar-refractivity contribution in [1.29, 1.82) is 0 Å². The molecule has 0 N–H and O–H groups in total. The molecule has 0 bridgehead atoms. The van der Waals surface area contributed by atoms with E-state index in [4.69, 9.17) is 6.42 Å². The Morgan fingerprint density at radius 2 is 1.85 bits per heavy atom. The number of aromatic nitrogens is 2. The fourth-order valence-corrected chi connectivity index (χ4v) is 2.58. The standard InChI is InChI=1S/C20H12F4N2O/c1-2-10-26-12-17(14-4-3-5-15(11-14)20(22,23)24)18(25-26)19(27)13-6-8-16(21)9-7-13/h1,3-9,11-12H,10H2. The predicted molar refractivity (Wildman–Crippen MR) is 91.3 cm³/mol. The van der Waals surface area contributed by atoms with Crippen LogP contribution in [0.5, 0.6) is 0 Å². The normalized spacial score (nSPS) is 11.2. The summed E-state index contributed by atoms with van der Waals surface area (Å²) in [5.74, 6) is 1.30. The molecule has 1 heterocycles. The first kappa shape index (κ1) is 18.4. The number of hydrogen-bond donors (Lipinski definition) is 0. The van der Waals surface area contributed by atoms with Gasteiger partial charge in [-0.3, -0.25) is 9.48 Å². The van der Waals surface area contributed by atoms with E-state index in [-0.39, 0.29) is 28.9 Å². The molecule has 7 heteroatoms. The number of carbonyl (C=O) groups is 1. The first-order chi connectivity index (χ1) is 12.8. The van der Waals surface area contributed by atoms with E-state index >= 15 is 0 Å². The lowest BCUT2D eigenvalue weighted by Gasteiger charge is -2.08. The molecule has 3 nitrogen and oxygen atoms in total. The van der Waals surface area contributed by atoms with Crippen molar-refractivity contribution in [2.75, 3.05) is 0 Å². The minimum absolute atomic E-state index is 0.0443. The Morgan fingerprint density at radius 1 is 1.15 bits per heavy atom. The number of hydrogen-bond acceptors (Lipinski definition) is 2. The van der Waals surface area contributed by atoms with E-state index in [1.54, 1.807) is 0 Å². The molecular weight excluding hydrogens is 360 g/mol. The van der Waals surface area contributed by atoms with Gasteiger partial charge in [0.1, 0.15) is 18.1 Å². The van der Waals surface area contributed by atoms with Crippen molar-refractivity contribution in [3.8, 4) is 23.5 Å². The first-order valence-electron chi connectivity index (χ1n) is 7.78. The highest BCUT2D eigenvalue weighted by Crippen LogP contribution is 2.33. The number of benzene rings is 2. The van der Waals surface area contributed by atoms with Crippen molar-refractivity contribution in [3.05, 3.63) is 77.4 Å². The van der Waals surface area contributed by atoms with Crippen LogP contribution >= 0.6 is 0 Å². The van der Waals surface area contributed by atoms with Crippen LogP contribution in [0.25, 0.3) is 11.1 Å². The zero-order chi connectivity index (χ0) is 19.6. The van der Waals surface area contributed by atoms with Crippen molar-refractivity contribution in [3.63, 3.8) is 0 Å². The number of ketones is 1. The van der Waals surface area contributed by atoms with Gasteiger partial charge < -0.3 is 0 Å². The molecule has 0 atom stereocenters. The quantitative estimate of drug-likeness (QED) is 0.382. The van der Waals surface area contributed by atoms with Gasteiger partial charge in [-0.25, -0.2) is 4.39 Å². The van der Waals surface area contributed by atoms with E-state index in [1.165, 1.54) is 35.1 Å². The van der Waals surface area contributed by atoms with E-state index < -0.39 is 23.3 Å². The number of carbonyl (C=O) groups excluding carboxylic acids is 1. The van der Waals surface area contributed by atoms with Crippen LogP contribution in [0.1, 0.15) is 21.6 Å². The molecule has 1 aromatic heterocycles. The van der Waals surface area contributed by atoms with E-state index in [1.807, 2.05) is 0 Å². The van der Waals surface area contributed by atoms with Crippen LogP contribution in [-0.4, -0.2) is 15.6 Å². The van der Waals surface area contributed by atoms with Gasteiger partial charge in [0.15, 0.2) is 0 Å². The maximum atomic E-state index is 13.1. The summed E-state index contributed by atoms with van der Waals surface area (Å²) < 4.78 is 53.5. The third kappa shape index (κ3) is 3.90. The van der Waals surface area contributed by atoms with Crippen LogP contribution in [0, 0.1) is 18.2 Å². The van der Waals surface area contributed by atoms with Gasteiger partial charge in [0, 0.05) is 17.3 Å². The Kier molecular flexibility index (Phi) is 4.82. The molecule has 0 saturated carbocycles. The minimum Gasteiger partial charge on any atom is -0.287 e. The van der Waals surface area contributed by atoms with Crippen molar-refractivity contribution in [2.24, 2.45) is 0 Å². The molecule has 3 rings (SSSR count). The summed E-state index contributed by atoms with van der Waals surface area (Å²) in [6, 6.07) is 9.40. The number of alkyl halides is 3. The lowest BCUT2D eigenvalue weighted by atomic mass is 9.99. The first-order valence-corrected chi connectivity index (χ1v) is 7.78. The van der Waals surface area contributed by atoms with E-state index in [0.29, 0.717) is 0 Å². The van der Waals surface area contributed by atoms with Gasteiger partial charge in [-0.1, -0.05) is 18.1 Å². The van der Waals surface area contributed by atoms with Gasteiger partial charge in [-0.2, -0.15) is 18.3 Å². The summed E-state index contributed by atoms with van der Waals surface area (Å²) in [5, 5.41) is 4.12. The SMILES string of the molecule is C#CCn1cc(-c2cccc(C(F)(F)F)c2)c(C(=O)c2ccc(F)cc2)n1. The molecule has 0 amide bonds. The Hall–Kier alpha value is -3.40. The lowest BCUT2D eigenvalue weighted by Crippen LogP contribution is -2.07. The van der Waals surface area contributed by atoms with E-state index in [9.17, 15) is 22.4 Å². The fraction of sp³-hybridized carbons (Fsp3) is 0.100. The Morgan fingerprint density at radius 3 is 2.48 bits per heavy atom. The number of halogens is 4. The summed E-state index contributed by atoms with van der Waals surface area (Å²) in [4.78, 5) is 12.8. The Labute approximate surface area is 152 Å². The average Bonchev–Trinajstić information content (AvgIpc) is 3.05. The van der Waals surface area contributed by atoms with Crippen LogP contribution in [0.3, 0.4) is 0 Å². The third-order valence-corrected chi connectivity index (χ3v) is 3.84. The zero-order valence-corrected chi connectivity index (χ0v) is 13.8. The molecule has 0 fully saturated rings. The molecule has 0 aliphatic carbocycles. The molecule has 2 aromatic carbocycles. The van der Waals surface area contributed by atoms with Gasteiger partial charge in [-0.05, 0) is 42.0 Å². The van der Waals surface area contributed by atoms with Crippen molar-refractivity contribution in [2.45, 2.75) is 12.7 Å². The number of nitrogens with zero attached hydrogens (tertiary/aromatic N) is 2. The predicted octanol–water partition coefficient (Wildman–Crippen LogP) is 4.57. The molecule has 3 aromatic rings. The van der Waals surface area contributed by atoms with Crippen molar-refractivity contribution in [1.82, 2.24) is 9.78 Å². The van der Waals surface area contributed by atoms with Crippen LogP contribution < -0.4 is 0 Å². The maximum Gasteiger partial charge on any atom is 0.416 e. The Balaban J connectivity index is 2.12. The van der Waals surface area contributed by atoms with Crippen molar-refractivity contribution < 1.29 is 22.4 Å². The summed E-state index contributed by atoms with van der Waals surface area (Å²) in [5.41, 5.74) is -0.346. The highest BCUT2D eigenvalue weighted by molar-refractivity contribution is 6.11. The average molecular weight is 372 g/mol. The molecular formula is C20H12F4N2O. The van der Waals surface area contributed by atoms with Crippen LogP contribution in [-0.2, 0) is 12.7 Å². The monoisotopic (exact) mass is 372 g/mol. The summed E-state index contributed by atoms with van der Waals surface area (Å²) in [6.45, 7) is 0.0443. The summed E-state index contributed by atoms with van der Waals surface area (Å²) in [7, 11) is 0. The highest BCUT2D eigenvalue weighted by atomic mass is 19.4. The van der Waals surface area contributed by atoms with Gasteiger partial charge in [0.05, 0.1) is 5.56 Å². The van der Waals surface area contributed by atoms with E-state index in [0.717, 1.165) is 24.3 Å².